The molecule has 10 rings (SSSR count). The number of methoxy groups -OCH3 is 1. The van der Waals surface area contributed by atoms with Crippen LogP contribution in [0.1, 0.15) is 61.5 Å². The molecule has 0 bridgehead atoms. The number of hydrogen-bond acceptors (Lipinski definition) is 19. The molecule has 6 heterocycles. The van der Waals surface area contributed by atoms with Gasteiger partial charge >= 0.3 is 13.5 Å². The summed E-state index contributed by atoms with van der Waals surface area (Å²) < 4.78 is 48.6. The van der Waals surface area contributed by atoms with Crippen LogP contribution in [0.2, 0.25) is 0 Å². The third kappa shape index (κ3) is 16.2. The number of nitrogens with one attached hydrogen (secondary N) is 4. The van der Waals surface area contributed by atoms with Crippen LogP contribution in [-0.4, -0.2) is 133 Å². The van der Waals surface area contributed by atoms with Crippen molar-refractivity contribution >= 4 is 122 Å². The Morgan fingerprint density at radius 2 is 1.37 bits per heavy atom. The third-order valence-electron chi connectivity index (χ3n) is 14.9. The maximum atomic E-state index is 14.1. The van der Waals surface area contributed by atoms with E-state index in [0.717, 1.165) is 77.9 Å². The lowest BCUT2D eigenvalue weighted by Crippen LogP contribution is -2.45. The molecule has 4 unspecified atom stereocenters. The summed E-state index contributed by atoms with van der Waals surface area (Å²) in [6, 6.07) is 27.9. The fraction of sp³-hybridized carbons (Fsp3) is 0.371. The number of thioether (sulfide) groups is 2. The standard InChI is InChI=1S/C62H71N10O13PS4/c1-38(2)82-37-48-47(85-86(79,80)84-39(3)4)30-56(83-48)72-33-41(61(77)66-62(72)78)17-21-53(74)63-22-25-69(26-23-64-54(75)34-70-45-28-40(36-73)16-19-51(45)89-59(70)31-57-67(5)43-12-8-10-14-49(43)87-57)27-24-65-55(76)35-71-46-29-42(81-7)18-20-52(46)90-60(71)32-58-68(6)44-13-9-11-15-50(44)88-58/h8-21,28-29,31-33,38-39,47-48,56,73H,22-27,30,34-37H2,1-7H3,(H3-2,63,64,65,66,74,75,76,77,78,79,80)/p+2/b21-17+. The number of aliphatic hydroxyl groups excluding tert-OH is 1. The van der Waals surface area contributed by atoms with E-state index in [1.807, 2.05) is 103 Å². The molecule has 3 amide bonds. The van der Waals surface area contributed by atoms with Gasteiger partial charge in [-0.2, -0.15) is 9.13 Å². The van der Waals surface area contributed by atoms with Crippen LogP contribution in [0.15, 0.2) is 127 Å². The Labute approximate surface area is 536 Å². The number of H-pyrrole nitrogens is 1. The van der Waals surface area contributed by atoms with E-state index < -0.39 is 49.5 Å². The van der Waals surface area contributed by atoms with Gasteiger partial charge in [0.1, 0.15) is 60.8 Å². The minimum atomic E-state index is -4.54. The maximum absolute atomic E-state index is 14.1. The number of ether oxygens (including phenoxy) is 3. The number of thiazole rings is 2. The first-order valence-corrected chi connectivity index (χ1v) is 34.0. The Bertz CT molecular complexity index is 3900. The number of benzene rings is 4. The monoisotopic (exact) mass is 1320 g/mol. The van der Waals surface area contributed by atoms with Crippen molar-refractivity contribution in [2.45, 2.75) is 81.2 Å². The summed E-state index contributed by atoms with van der Waals surface area (Å²) >= 11 is 6.45. The number of carbonyl (C=O) groups is 3. The van der Waals surface area contributed by atoms with Gasteiger partial charge in [0, 0.05) is 86.0 Å². The Morgan fingerprint density at radius 3 is 1.92 bits per heavy atom. The predicted molar refractivity (Wildman–Crippen MR) is 350 cm³/mol. The highest BCUT2D eigenvalue weighted by molar-refractivity contribution is 8.04. The molecule has 476 valence electrons. The second kappa shape index (κ2) is 29.5. The average Bonchev–Trinajstić information content (AvgIpc) is 2.33. The van der Waals surface area contributed by atoms with Crippen molar-refractivity contribution in [2.24, 2.45) is 14.1 Å². The maximum Gasteiger partial charge on any atom is 0.472 e. The molecule has 4 atom stereocenters. The van der Waals surface area contributed by atoms with Gasteiger partial charge in [-0.05, 0) is 75.7 Å². The summed E-state index contributed by atoms with van der Waals surface area (Å²) in [7, 11) is 1.11. The molecule has 3 aromatic heterocycles. The van der Waals surface area contributed by atoms with E-state index in [-0.39, 0.29) is 82.4 Å². The highest BCUT2D eigenvalue weighted by atomic mass is 32.2. The number of aliphatic hydroxyl groups is 1. The van der Waals surface area contributed by atoms with Crippen molar-refractivity contribution in [2.75, 3.05) is 75.9 Å². The van der Waals surface area contributed by atoms with Gasteiger partial charge in [0.2, 0.25) is 28.8 Å². The van der Waals surface area contributed by atoms with Crippen molar-refractivity contribution in [1.82, 2.24) is 30.4 Å². The quantitative estimate of drug-likeness (QED) is 0.0179. The van der Waals surface area contributed by atoms with Gasteiger partial charge < -0.3 is 50.0 Å². The molecule has 0 saturated carbocycles. The van der Waals surface area contributed by atoms with Gasteiger partial charge in [0.15, 0.2) is 0 Å². The van der Waals surface area contributed by atoms with Crippen LogP contribution in [-0.2, 0) is 58.2 Å². The first kappa shape index (κ1) is 66.0. The number of nitrogens with zero attached hydrogens (tertiary/aromatic N) is 6. The number of phosphoric acid groups is 1. The molecule has 0 spiro atoms. The lowest BCUT2D eigenvalue weighted by molar-refractivity contribution is -0.642. The SMILES string of the molecule is COc1ccc2c(c1)N(CC(=O)NCCN(CCNC(=O)/C=C/c1cn(C3CC(OP(=O)(O)OC(C)C)C(COC(C)C)O3)c(=O)[nH]c1=O)CCNC(=O)CN1/C(=C/c3sc4ccccc4[n+]3C)Sc3ccc(CO)cc31)/C(=C/c1sc3ccccc3[n+]1C)S2. The van der Waals surface area contributed by atoms with Crippen molar-refractivity contribution in [3.05, 3.63) is 149 Å². The number of aromatic nitrogens is 4. The molecule has 1 saturated heterocycles. The normalized spacial score (nSPS) is 18.1. The molecule has 28 heteroatoms. The van der Waals surface area contributed by atoms with E-state index in [0.29, 0.717) is 18.8 Å². The van der Waals surface area contributed by atoms with Gasteiger partial charge in [-0.25, -0.2) is 9.36 Å². The van der Waals surface area contributed by atoms with Crippen LogP contribution in [0.5, 0.6) is 5.75 Å². The number of para-hydroxylation sites is 2. The molecule has 3 aliphatic rings. The van der Waals surface area contributed by atoms with Crippen molar-refractivity contribution in [3.63, 3.8) is 0 Å². The molecule has 1 fully saturated rings. The average molecular weight is 1330 g/mol. The minimum Gasteiger partial charge on any atom is -0.497 e. The number of carbonyl (C=O) groups excluding carboxylic acids is 3. The van der Waals surface area contributed by atoms with Crippen LogP contribution in [0.3, 0.4) is 0 Å². The molecular weight excluding hydrogens is 1250 g/mol. The highest BCUT2D eigenvalue weighted by Crippen LogP contribution is 2.51. The van der Waals surface area contributed by atoms with Crippen LogP contribution in [0.4, 0.5) is 11.4 Å². The Morgan fingerprint density at radius 1 is 0.800 bits per heavy atom. The van der Waals surface area contributed by atoms with Crippen molar-refractivity contribution in [1.29, 1.82) is 0 Å². The van der Waals surface area contributed by atoms with Gasteiger partial charge in [0.05, 0.1) is 71.7 Å². The summed E-state index contributed by atoms with van der Waals surface area (Å²) in [6.07, 6.45) is 3.96. The Kier molecular flexibility index (Phi) is 21.6. The number of aromatic amines is 1. The van der Waals surface area contributed by atoms with Crippen molar-refractivity contribution < 1.29 is 61.3 Å². The van der Waals surface area contributed by atoms with E-state index in [1.54, 1.807) is 67.2 Å². The molecule has 7 aromatic rings. The van der Waals surface area contributed by atoms with Gasteiger partial charge in [0.25, 0.3) is 15.6 Å². The summed E-state index contributed by atoms with van der Waals surface area (Å²) in [4.78, 5) is 88.5. The molecule has 3 aliphatic heterocycles. The number of aryl methyl sites for hydroxylation is 2. The van der Waals surface area contributed by atoms with Crippen LogP contribution >= 0.6 is 54.0 Å². The van der Waals surface area contributed by atoms with Gasteiger partial charge in [-0.15, -0.1) is 0 Å². The third-order valence-corrected chi connectivity index (χ3v) is 20.7. The summed E-state index contributed by atoms with van der Waals surface area (Å²) in [5.41, 5.74) is 2.94. The van der Waals surface area contributed by atoms with Crippen LogP contribution in [0.25, 0.3) is 38.7 Å². The molecule has 0 radical (unpaired) electrons. The Balaban J connectivity index is 0.817. The highest BCUT2D eigenvalue weighted by Gasteiger charge is 2.43. The first-order valence-electron chi connectivity index (χ1n) is 29.3. The minimum absolute atomic E-state index is 0.00725. The van der Waals surface area contributed by atoms with E-state index in [1.165, 1.54) is 12.3 Å². The first-order chi connectivity index (χ1) is 43.2. The molecular formula is C62H73N10O13PS4+2. The molecule has 23 nitrogen and oxygen atoms in total. The van der Waals surface area contributed by atoms with Crippen LogP contribution < -0.4 is 50.9 Å². The topological polar surface area (TPSA) is 263 Å². The second-order valence-electron chi connectivity index (χ2n) is 22.0. The van der Waals surface area contributed by atoms with Crippen LogP contribution in [0, 0.1) is 0 Å². The second-order valence-corrected chi connectivity index (χ2v) is 27.6. The largest absolute Gasteiger partial charge is 0.497 e. The Hall–Kier alpha value is -6.98. The fourth-order valence-corrected chi connectivity index (χ4v) is 16.0. The smallest absolute Gasteiger partial charge is 0.472 e. The molecule has 90 heavy (non-hydrogen) atoms. The van der Waals surface area contributed by atoms with Gasteiger partial charge in [-0.3, -0.25) is 42.7 Å². The number of phosphoric ester groups is 1. The molecule has 6 N–H and O–H groups in total. The van der Waals surface area contributed by atoms with Crippen molar-refractivity contribution in [3.8, 4) is 5.75 Å². The summed E-state index contributed by atoms with van der Waals surface area (Å²) in [5.74, 6) is -0.368. The number of rotatable bonds is 27. The summed E-state index contributed by atoms with van der Waals surface area (Å²) in [6.45, 7) is 8.13. The number of anilines is 2. The summed E-state index contributed by atoms with van der Waals surface area (Å²) in [5, 5.41) is 22.9. The van der Waals surface area contributed by atoms with Gasteiger partial charge in [-0.1, -0.05) is 76.5 Å². The zero-order valence-electron chi connectivity index (χ0n) is 50.8. The van der Waals surface area contributed by atoms with E-state index in [2.05, 4.69) is 66.5 Å². The fourth-order valence-electron chi connectivity index (χ4n) is 10.4. The number of hydrogen-bond donors (Lipinski definition) is 6. The van der Waals surface area contributed by atoms with E-state index in [9.17, 15) is 38.5 Å². The molecule has 4 aromatic carbocycles. The zero-order chi connectivity index (χ0) is 63.8. The lowest BCUT2D eigenvalue weighted by atomic mass is 10.2. The number of amides is 3. The predicted octanol–water partition coefficient (Wildman–Crippen LogP) is 6.62. The van der Waals surface area contributed by atoms with E-state index in [4.69, 9.17) is 23.3 Å². The number of fused-ring (bicyclic) bond motifs is 4. The zero-order valence-corrected chi connectivity index (χ0v) is 54.9. The van der Waals surface area contributed by atoms with E-state index >= 15 is 0 Å². The molecule has 0 aliphatic carbocycles. The lowest BCUT2D eigenvalue weighted by Gasteiger charge is -2.24.